The van der Waals surface area contributed by atoms with E-state index in [4.69, 9.17) is 27.6 Å². The summed E-state index contributed by atoms with van der Waals surface area (Å²) < 4.78 is 5.74. The molecular weight excluding hydrogens is 429 g/mol. The van der Waals surface area contributed by atoms with E-state index >= 15 is 0 Å². The van der Waals surface area contributed by atoms with Gasteiger partial charge in [0.05, 0.1) is 11.6 Å². The predicted octanol–water partition coefficient (Wildman–Crippen LogP) is 7.43. The number of benzene rings is 4. The summed E-state index contributed by atoms with van der Waals surface area (Å²) in [5, 5.41) is 7.65. The molecule has 4 aromatic carbocycles. The molecule has 0 bridgehead atoms. The molecule has 1 unspecified atom stereocenters. The monoisotopic (exact) mass is 443 g/mol. The molecule has 1 aliphatic rings. The van der Waals surface area contributed by atoms with E-state index in [1.54, 1.807) is 12.1 Å². The maximum atomic E-state index is 13.3. The van der Waals surface area contributed by atoms with E-state index < -0.39 is 6.04 Å². The molecular formula is C26H15Cl2NO2. The zero-order valence-electron chi connectivity index (χ0n) is 16.2. The average molecular weight is 444 g/mol. The first-order chi connectivity index (χ1) is 15.1. The molecule has 1 atom stereocenters. The molecule has 0 aliphatic carbocycles. The molecule has 0 spiro atoms. The second-order valence-electron chi connectivity index (χ2n) is 7.63. The molecule has 0 saturated heterocycles. The molecule has 31 heavy (non-hydrogen) atoms. The summed E-state index contributed by atoms with van der Waals surface area (Å²) in [6.45, 7) is 0. The van der Waals surface area contributed by atoms with Crippen LogP contribution in [0.2, 0.25) is 10.0 Å². The Morgan fingerprint density at radius 1 is 0.806 bits per heavy atom. The highest BCUT2D eigenvalue weighted by Crippen LogP contribution is 2.48. The highest BCUT2D eigenvalue weighted by molar-refractivity contribution is 6.35. The molecule has 150 valence electrons. The van der Waals surface area contributed by atoms with Crippen LogP contribution >= 0.6 is 23.2 Å². The van der Waals surface area contributed by atoms with Gasteiger partial charge in [-0.2, -0.15) is 0 Å². The summed E-state index contributed by atoms with van der Waals surface area (Å²) >= 11 is 12.7. The Morgan fingerprint density at radius 3 is 2.42 bits per heavy atom. The Kier molecular flexibility index (Phi) is 4.10. The topological polar surface area (TPSA) is 42.2 Å². The number of fused-ring (bicyclic) bond motifs is 7. The van der Waals surface area contributed by atoms with Crippen LogP contribution in [0.25, 0.3) is 32.9 Å². The lowest BCUT2D eigenvalue weighted by Crippen LogP contribution is -2.25. The molecule has 2 heterocycles. The highest BCUT2D eigenvalue weighted by Gasteiger charge is 2.33. The van der Waals surface area contributed by atoms with Gasteiger partial charge in [0.1, 0.15) is 5.58 Å². The van der Waals surface area contributed by atoms with Gasteiger partial charge in [0.15, 0.2) is 0 Å². The van der Waals surface area contributed by atoms with E-state index in [1.807, 2.05) is 42.5 Å². The fourth-order valence-electron chi connectivity index (χ4n) is 4.55. The molecule has 0 fully saturated rings. The van der Waals surface area contributed by atoms with Crippen LogP contribution in [-0.4, -0.2) is 0 Å². The first-order valence-electron chi connectivity index (χ1n) is 9.91. The molecule has 0 saturated carbocycles. The number of nitrogens with one attached hydrogen (secondary N) is 1. The van der Waals surface area contributed by atoms with Gasteiger partial charge in [-0.25, -0.2) is 4.79 Å². The summed E-state index contributed by atoms with van der Waals surface area (Å²) in [7, 11) is 0. The van der Waals surface area contributed by atoms with Gasteiger partial charge in [-0.1, -0.05) is 77.8 Å². The lowest BCUT2D eigenvalue weighted by Gasteiger charge is -2.31. The van der Waals surface area contributed by atoms with E-state index in [0.29, 0.717) is 21.2 Å². The summed E-state index contributed by atoms with van der Waals surface area (Å²) in [4.78, 5) is 13.3. The summed E-state index contributed by atoms with van der Waals surface area (Å²) in [6.07, 6.45) is 0. The SMILES string of the molecule is O=c1oc2ccccc2c2c1C(c1ccc(Cl)cc1Cl)Nc1ccc3ccccc3c1-2. The molecule has 3 nitrogen and oxygen atoms in total. The number of halogens is 2. The van der Waals surface area contributed by atoms with E-state index in [-0.39, 0.29) is 5.63 Å². The number of para-hydroxylation sites is 1. The zero-order valence-corrected chi connectivity index (χ0v) is 17.7. The third kappa shape index (κ3) is 2.78. The largest absolute Gasteiger partial charge is 0.422 e. The number of anilines is 1. The van der Waals surface area contributed by atoms with Gasteiger partial charge >= 0.3 is 5.63 Å². The van der Waals surface area contributed by atoms with Gasteiger partial charge in [-0.3, -0.25) is 0 Å². The van der Waals surface area contributed by atoms with Crippen LogP contribution in [0.5, 0.6) is 0 Å². The van der Waals surface area contributed by atoms with E-state index in [9.17, 15) is 4.79 Å². The Bertz CT molecular complexity index is 1570. The summed E-state index contributed by atoms with van der Waals surface area (Å²) in [6, 6.07) is 24.8. The molecule has 5 aromatic rings. The maximum absolute atomic E-state index is 13.3. The number of hydrogen-bond donors (Lipinski definition) is 1. The fraction of sp³-hybridized carbons (Fsp3) is 0.0385. The Balaban J connectivity index is 1.78. The van der Waals surface area contributed by atoms with Gasteiger partial charge in [-0.15, -0.1) is 0 Å². The molecule has 0 amide bonds. The van der Waals surface area contributed by atoms with Gasteiger partial charge in [0.2, 0.25) is 0 Å². The Hall–Kier alpha value is -3.27. The van der Waals surface area contributed by atoms with Gasteiger partial charge in [0.25, 0.3) is 0 Å². The molecule has 1 aromatic heterocycles. The fourth-order valence-corrected chi connectivity index (χ4v) is 5.07. The van der Waals surface area contributed by atoms with Gasteiger partial charge in [-0.05, 0) is 40.6 Å². The van der Waals surface area contributed by atoms with Crippen LogP contribution < -0.4 is 10.9 Å². The molecule has 1 N–H and O–H groups in total. The third-order valence-corrected chi connectivity index (χ3v) is 6.45. The Morgan fingerprint density at radius 2 is 1.58 bits per heavy atom. The Labute approximate surface area is 187 Å². The maximum Gasteiger partial charge on any atom is 0.342 e. The molecule has 1 aliphatic heterocycles. The minimum Gasteiger partial charge on any atom is -0.422 e. The molecule has 5 heteroatoms. The van der Waals surface area contributed by atoms with Crippen molar-refractivity contribution in [3.63, 3.8) is 0 Å². The number of rotatable bonds is 1. The minimum absolute atomic E-state index is 0.379. The van der Waals surface area contributed by atoms with Crippen LogP contribution in [-0.2, 0) is 0 Å². The molecule has 0 radical (unpaired) electrons. The van der Waals surface area contributed by atoms with E-state index in [1.165, 1.54) is 0 Å². The molecule has 6 rings (SSSR count). The van der Waals surface area contributed by atoms with Crippen LogP contribution in [0.3, 0.4) is 0 Å². The van der Waals surface area contributed by atoms with Crippen LogP contribution in [0, 0.1) is 0 Å². The standard InChI is InChI=1S/C26H15Cl2NO2/c27-15-10-11-17(19(28)13-15)25-24-23(18-7-3-4-8-21(18)31-26(24)30)22-16-6-2-1-5-14(16)9-12-20(22)29-25/h1-13,25,29H. The third-order valence-electron chi connectivity index (χ3n) is 5.89. The van der Waals surface area contributed by atoms with Crippen molar-refractivity contribution >= 4 is 50.6 Å². The van der Waals surface area contributed by atoms with Crippen molar-refractivity contribution in [1.29, 1.82) is 0 Å². The average Bonchev–Trinajstić information content (AvgIpc) is 2.78. The van der Waals surface area contributed by atoms with Crippen LogP contribution in [0.15, 0.2) is 88.1 Å². The van der Waals surface area contributed by atoms with Crippen molar-refractivity contribution in [2.24, 2.45) is 0 Å². The van der Waals surface area contributed by atoms with Crippen molar-refractivity contribution in [3.8, 4) is 11.1 Å². The summed E-state index contributed by atoms with van der Waals surface area (Å²) in [5.74, 6) is 0. The van der Waals surface area contributed by atoms with Crippen LogP contribution in [0.4, 0.5) is 5.69 Å². The highest BCUT2D eigenvalue weighted by atomic mass is 35.5. The van der Waals surface area contributed by atoms with Crippen molar-refractivity contribution in [3.05, 3.63) is 110 Å². The van der Waals surface area contributed by atoms with Crippen molar-refractivity contribution in [2.75, 3.05) is 5.32 Å². The van der Waals surface area contributed by atoms with Crippen LogP contribution in [0.1, 0.15) is 17.2 Å². The number of hydrogen-bond acceptors (Lipinski definition) is 3. The zero-order chi connectivity index (χ0) is 21.1. The first kappa shape index (κ1) is 18.5. The lowest BCUT2D eigenvalue weighted by molar-refractivity contribution is 0.547. The smallest absolute Gasteiger partial charge is 0.342 e. The normalized spacial score (nSPS) is 14.8. The van der Waals surface area contributed by atoms with Gasteiger partial charge < -0.3 is 9.73 Å². The van der Waals surface area contributed by atoms with Crippen molar-refractivity contribution in [1.82, 2.24) is 0 Å². The second kappa shape index (κ2) is 6.88. The minimum atomic E-state index is -0.464. The van der Waals surface area contributed by atoms with Crippen molar-refractivity contribution < 1.29 is 4.42 Å². The first-order valence-corrected chi connectivity index (χ1v) is 10.7. The predicted molar refractivity (Wildman–Crippen MR) is 127 cm³/mol. The van der Waals surface area contributed by atoms with E-state index in [0.717, 1.165) is 38.5 Å². The van der Waals surface area contributed by atoms with Gasteiger partial charge in [0, 0.05) is 32.2 Å². The summed E-state index contributed by atoms with van der Waals surface area (Å²) in [5.41, 5.74) is 4.33. The van der Waals surface area contributed by atoms with Crippen molar-refractivity contribution in [2.45, 2.75) is 6.04 Å². The quantitative estimate of drug-likeness (QED) is 0.273. The van der Waals surface area contributed by atoms with E-state index in [2.05, 4.69) is 29.6 Å². The lowest BCUT2D eigenvalue weighted by atomic mass is 9.83. The second-order valence-corrected chi connectivity index (χ2v) is 8.47.